The molecule has 0 aromatic heterocycles. The van der Waals surface area contributed by atoms with E-state index in [1.165, 1.54) is 18.4 Å². The Morgan fingerprint density at radius 2 is 1.50 bits per heavy atom. The fourth-order valence-electron chi connectivity index (χ4n) is 5.16. The average molecular weight is 611 g/mol. The number of anilines is 2. The van der Waals surface area contributed by atoms with E-state index in [2.05, 4.69) is 21.4 Å². The lowest BCUT2D eigenvalue weighted by Crippen LogP contribution is -2.35. The number of nitrogens with zero attached hydrogens (tertiary/aromatic N) is 1. The number of piperidine rings is 1. The normalized spacial score (nSPS) is 12.7. The van der Waals surface area contributed by atoms with Crippen LogP contribution in [0.5, 0.6) is 11.5 Å². The number of amides is 2. The zero-order valence-corrected chi connectivity index (χ0v) is 25.9. The van der Waals surface area contributed by atoms with Crippen molar-refractivity contribution in [2.45, 2.75) is 24.2 Å². The van der Waals surface area contributed by atoms with Gasteiger partial charge >= 0.3 is 0 Å². The topological polar surface area (TPSA) is 91.9 Å². The number of hydrogen-bond donors (Lipinski definition) is 3. The molecular weight excluding hydrogens is 572 g/mol. The van der Waals surface area contributed by atoms with Crippen LogP contribution < -0.4 is 24.8 Å². The Bertz CT molecular complexity index is 1590. The highest BCUT2D eigenvalue weighted by Crippen LogP contribution is 2.35. The molecule has 1 aliphatic rings. The number of nitrogens with one attached hydrogen (secondary N) is 3. The second-order valence-corrected chi connectivity index (χ2v) is 11.3. The minimum atomic E-state index is -0.174. The molecule has 8 nitrogen and oxygen atoms in total. The number of rotatable bonds is 12. The molecule has 1 saturated heterocycles. The number of ether oxygens (including phenoxy) is 2. The van der Waals surface area contributed by atoms with Crippen molar-refractivity contribution in [3.05, 3.63) is 102 Å². The van der Waals surface area contributed by atoms with Crippen molar-refractivity contribution >= 4 is 35.1 Å². The highest BCUT2D eigenvalue weighted by atomic mass is 32.2. The third-order valence-electron chi connectivity index (χ3n) is 7.48. The molecule has 9 heteroatoms. The highest BCUT2D eigenvalue weighted by molar-refractivity contribution is 8.00. The summed E-state index contributed by atoms with van der Waals surface area (Å²) in [6.45, 7) is 2.68. The van der Waals surface area contributed by atoms with Crippen molar-refractivity contribution in [1.29, 1.82) is 0 Å². The van der Waals surface area contributed by atoms with Crippen LogP contribution in [0.2, 0.25) is 0 Å². The van der Waals surface area contributed by atoms with E-state index in [1.807, 2.05) is 77.7 Å². The van der Waals surface area contributed by atoms with Crippen molar-refractivity contribution in [1.82, 2.24) is 10.2 Å². The molecule has 1 aliphatic heterocycles. The molecule has 4 aromatic carbocycles. The number of hydrogen-bond acceptors (Lipinski definition) is 7. The molecule has 4 aromatic rings. The SMILES string of the molecule is COc1ccc(-c2cccc(C(=O)N3CCCCC3)c2)cc1SNc1cccc(NCCNC(=O)c2ccccc2OC)c1. The monoisotopic (exact) mass is 610 g/mol. The van der Waals surface area contributed by atoms with Gasteiger partial charge in [0.1, 0.15) is 11.5 Å². The number of para-hydroxylation sites is 1. The van der Waals surface area contributed by atoms with Gasteiger partial charge in [-0.1, -0.05) is 36.4 Å². The van der Waals surface area contributed by atoms with Crippen LogP contribution in [-0.2, 0) is 0 Å². The fraction of sp³-hybridized carbons (Fsp3) is 0.257. The predicted molar refractivity (Wildman–Crippen MR) is 178 cm³/mol. The Hall–Kier alpha value is -4.63. The van der Waals surface area contributed by atoms with E-state index in [0.29, 0.717) is 24.4 Å². The quantitative estimate of drug-likeness (QED) is 0.118. The summed E-state index contributed by atoms with van der Waals surface area (Å²) < 4.78 is 14.3. The summed E-state index contributed by atoms with van der Waals surface area (Å²) in [4.78, 5) is 28.5. The zero-order valence-electron chi connectivity index (χ0n) is 25.1. The van der Waals surface area contributed by atoms with Crippen molar-refractivity contribution in [3.8, 4) is 22.6 Å². The van der Waals surface area contributed by atoms with Crippen molar-refractivity contribution in [2.75, 3.05) is 50.4 Å². The Kier molecular flexibility index (Phi) is 10.6. The number of carbonyl (C=O) groups is 2. The highest BCUT2D eigenvalue weighted by Gasteiger charge is 2.19. The minimum Gasteiger partial charge on any atom is -0.496 e. The summed E-state index contributed by atoms with van der Waals surface area (Å²) in [5.74, 6) is 1.23. The van der Waals surface area contributed by atoms with Crippen molar-refractivity contribution < 1.29 is 19.1 Å². The lowest BCUT2D eigenvalue weighted by molar-refractivity contribution is 0.0724. The molecule has 0 atom stereocenters. The first-order valence-corrected chi connectivity index (χ1v) is 15.6. The van der Waals surface area contributed by atoms with Crippen LogP contribution >= 0.6 is 11.9 Å². The molecule has 0 aliphatic carbocycles. The second kappa shape index (κ2) is 15.2. The average Bonchev–Trinajstić information content (AvgIpc) is 3.09. The minimum absolute atomic E-state index is 0.101. The molecule has 0 spiro atoms. The van der Waals surface area contributed by atoms with Crippen molar-refractivity contribution in [2.24, 2.45) is 0 Å². The van der Waals surface area contributed by atoms with E-state index in [1.54, 1.807) is 26.4 Å². The summed E-state index contributed by atoms with van der Waals surface area (Å²) in [5, 5.41) is 6.29. The van der Waals surface area contributed by atoms with Crippen LogP contribution in [0.15, 0.2) is 95.9 Å². The third kappa shape index (κ3) is 7.85. The van der Waals surface area contributed by atoms with E-state index < -0.39 is 0 Å². The Morgan fingerprint density at radius 3 is 2.32 bits per heavy atom. The van der Waals surface area contributed by atoms with Gasteiger partial charge in [0.25, 0.3) is 11.8 Å². The third-order valence-corrected chi connectivity index (χ3v) is 8.36. The Balaban J connectivity index is 1.19. The maximum absolute atomic E-state index is 13.1. The summed E-state index contributed by atoms with van der Waals surface area (Å²) in [5.41, 5.74) is 5.07. The van der Waals surface area contributed by atoms with Crippen LogP contribution in [0.1, 0.15) is 40.0 Å². The molecule has 2 amide bonds. The van der Waals surface area contributed by atoms with Gasteiger partial charge < -0.3 is 29.7 Å². The van der Waals surface area contributed by atoms with Crippen LogP contribution in [-0.4, -0.2) is 57.1 Å². The van der Waals surface area contributed by atoms with E-state index >= 15 is 0 Å². The van der Waals surface area contributed by atoms with Gasteiger partial charge in [-0.15, -0.1) is 0 Å². The van der Waals surface area contributed by atoms with E-state index in [4.69, 9.17) is 9.47 Å². The van der Waals surface area contributed by atoms with Gasteiger partial charge in [-0.05, 0) is 96.9 Å². The molecular formula is C35H38N4O4S. The van der Waals surface area contributed by atoms with Crippen molar-refractivity contribution in [3.63, 3.8) is 0 Å². The van der Waals surface area contributed by atoms with E-state index in [-0.39, 0.29) is 11.8 Å². The first-order valence-electron chi connectivity index (χ1n) is 14.8. The van der Waals surface area contributed by atoms with Crippen LogP contribution in [0.4, 0.5) is 11.4 Å². The first-order chi connectivity index (χ1) is 21.6. The fourth-order valence-corrected chi connectivity index (χ4v) is 5.96. The van der Waals surface area contributed by atoms with Crippen LogP contribution in [0, 0.1) is 0 Å². The number of methoxy groups -OCH3 is 2. The van der Waals surface area contributed by atoms with Gasteiger partial charge in [0, 0.05) is 43.1 Å². The molecule has 0 bridgehead atoms. The number of likely N-dealkylation sites (tertiary alicyclic amines) is 1. The van der Waals surface area contributed by atoms with Gasteiger partial charge in [0.15, 0.2) is 0 Å². The zero-order chi connectivity index (χ0) is 30.7. The smallest absolute Gasteiger partial charge is 0.255 e. The summed E-state index contributed by atoms with van der Waals surface area (Å²) >= 11 is 1.46. The predicted octanol–water partition coefficient (Wildman–Crippen LogP) is 6.96. The number of benzene rings is 4. The maximum Gasteiger partial charge on any atom is 0.255 e. The molecule has 5 rings (SSSR count). The van der Waals surface area contributed by atoms with Gasteiger partial charge in [0.05, 0.1) is 24.7 Å². The molecule has 0 saturated carbocycles. The maximum atomic E-state index is 13.1. The molecule has 228 valence electrons. The van der Waals surface area contributed by atoms with Gasteiger partial charge in [-0.2, -0.15) is 0 Å². The van der Waals surface area contributed by atoms with Gasteiger partial charge in [0.2, 0.25) is 0 Å². The van der Waals surface area contributed by atoms with Crippen LogP contribution in [0.25, 0.3) is 11.1 Å². The largest absolute Gasteiger partial charge is 0.496 e. The second-order valence-electron chi connectivity index (χ2n) is 10.5. The van der Waals surface area contributed by atoms with Crippen LogP contribution in [0.3, 0.4) is 0 Å². The first kappa shape index (κ1) is 30.8. The van der Waals surface area contributed by atoms with Gasteiger partial charge in [-0.3, -0.25) is 9.59 Å². The summed E-state index contributed by atoms with van der Waals surface area (Å²) in [7, 11) is 3.22. The lowest BCUT2D eigenvalue weighted by Gasteiger charge is -2.26. The summed E-state index contributed by atoms with van der Waals surface area (Å²) in [6, 6.07) is 29.0. The molecule has 1 heterocycles. The van der Waals surface area contributed by atoms with E-state index in [0.717, 1.165) is 64.6 Å². The molecule has 0 unspecified atom stereocenters. The van der Waals surface area contributed by atoms with Gasteiger partial charge in [-0.25, -0.2) is 0 Å². The Morgan fingerprint density at radius 1 is 0.750 bits per heavy atom. The number of carbonyl (C=O) groups excluding carboxylic acids is 2. The Labute approximate surface area is 263 Å². The van der Waals surface area contributed by atoms with E-state index in [9.17, 15) is 9.59 Å². The molecule has 0 radical (unpaired) electrons. The standard InChI is InChI=1S/C35H38N4O4S/c1-42-31-15-5-4-14-30(31)34(40)37-19-18-36-28-12-9-13-29(24-28)38-44-33-23-26(16-17-32(33)43-2)25-10-8-11-27(22-25)35(41)39-20-6-3-7-21-39/h4-5,8-17,22-24,36,38H,3,6-7,18-21H2,1-2H3,(H,37,40). The molecule has 3 N–H and O–H groups in total. The summed E-state index contributed by atoms with van der Waals surface area (Å²) in [6.07, 6.45) is 3.33. The molecule has 44 heavy (non-hydrogen) atoms. The molecule has 1 fully saturated rings. The lowest BCUT2D eigenvalue weighted by atomic mass is 10.0.